The van der Waals surface area contributed by atoms with E-state index in [9.17, 15) is 4.79 Å². The van der Waals surface area contributed by atoms with E-state index in [1.54, 1.807) is 12.1 Å². The predicted molar refractivity (Wildman–Crippen MR) is 79.8 cm³/mol. The number of rotatable bonds is 2. The first kappa shape index (κ1) is 15.8. The van der Waals surface area contributed by atoms with Gasteiger partial charge in [-0.1, -0.05) is 27.5 Å². The second kappa shape index (κ2) is 7.34. The number of hydrogen-bond donors (Lipinski definition) is 2. The van der Waals surface area contributed by atoms with Gasteiger partial charge in [-0.05, 0) is 37.6 Å². The zero-order valence-corrected chi connectivity index (χ0v) is 12.9. The monoisotopic (exact) mass is 352 g/mol. The molecule has 0 radical (unpaired) electrons. The van der Waals surface area contributed by atoms with E-state index < -0.39 is 0 Å². The van der Waals surface area contributed by atoms with Crippen molar-refractivity contribution in [3.8, 4) is 0 Å². The van der Waals surface area contributed by atoms with Crippen LogP contribution in [0, 0.1) is 0 Å². The first-order valence-corrected chi connectivity index (χ1v) is 6.80. The first-order valence-electron chi connectivity index (χ1n) is 5.63. The highest BCUT2D eigenvalue weighted by atomic mass is 79.9. The fourth-order valence-electron chi connectivity index (χ4n) is 1.91. The van der Waals surface area contributed by atoms with Gasteiger partial charge in [-0.3, -0.25) is 4.79 Å². The third kappa shape index (κ3) is 4.12. The molecule has 1 atom stereocenters. The number of carbonyl (C=O) groups excluding carboxylic acids is 1. The summed E-state index contributed by atoms with van der Waals surface area (Å²) in [5.41, 5.74) is 0.528. The summed E-state index contributed by atoms with van der Waals surface area (Å²) in [5, 5.41) is 6.73. The molecule has 1 amide bonds. The highest BCUT2D eigenvalue weighted by Gasteiger charge is 2.17. The van der Waals surface area contributed by atoms with Crippen LogP contribution in [0.4, 0.5) is 0 Å². The van der Waals surface area contributed by atoms with Crippen molar-refractivity contribution in [2.45, 2.75) is 18.9 Å². The van der Waals surface area contributed by atoms with Crippen molar-refractivity contribution < 1.29 is 4.79 Å². The standard InChI is InChI=1S/C12H14BrClN2O.ClH/c13-8-3-4-10(11(14)6-8)12(17)16-9-2-1-5-15-7-9;/h3-4,6,9,15H,1-2,5,7H2,(H,16,17);1H/t9-;/m0./s1. The molecule has 2 rings (SSSR count). The summed E-state index contributed by atoms with van der Waals surface area (Å²) >= 11 is 9.35. The number of carbonyl (C=O) groups is 1. The largest absolute Gasteiger partial charge is 0.348 e. The molecule has 2 N–H and O–H groups in total. The highest BCUT2D eigenvalue weighted by molar-refractivity contribution is 9.10. The molecule has 0 saturated carbocycles. The van der Waals surface area contributed by atoms with E-state index in [0.717, 1.165) is 30.4 Å². The Bertz CT molecular complexity index is 423. The van der Waals surface area contributed by atoms with Crippen molar-refractivity contribution in [1.29, 1.82) is 0 Å². The van der Waals surface area contributed by atoms with Crippen molar-refractivity contribution >= 4 is 45.8 Å². The number of halogens is 3. The molecule has 1 aromatic carbocycles. The summed E-state index contributed by atoms with van der Waals surface area (Å²) < 4.78 is 0.874. The lowest BCUT2D eigenvalue weighted by molar-refractivity contribution is 0.0931. The molecule has 1 aliphatic heterocycles. The second-order valence-electron chi connectivity index (χ2n) is 4.14. The maximum atomic E-state index is 12.0. The zero-order chi connectivity index (χ0) is 12.3. The molecule has 3 nitrogen and oxygen atoms in total. The number of amides is 1. The van der Waals surface area contributed by atoms with Crippen molar-refractivity contribution in [3.05, 3.63) is 33.3 Å². The molecule has 0 bridgehead atoms. The van der Waals surface area contributed by atoms with Gasteiger partial charge in [0, 0.05) is 17.1 Å². The molecule has 0 aliphatic carbocycles. The number of nitrogens with one attached hydrogen (secondary N) is 2. The van der Waals surface area contributed by atoms with E-state index in [2.05, 4.69) is 26.6 Å². The van der Waals surface area contributed by atoms with Crippen LogP contribution in [0.15, 0.2) is 22.7 Å². The van der Waals surface area contributed by atoms with Crippen LogP contribution in [-0.2, 0) is 0 Å². The Morgan fingerprint density at radius 3 is 2.89 bits per heavy atom. The number of benzene rings is 1. The van der Waals surface area contributed by atoms with E-state index in [0.29, 0.717) is 10.6 Å². The van der Waals surface area contributed by atoms with Gasteiger partial charge in [-0.15, -0.1) is 12.4 Å². The van der Waals surface area contributed by atoms with Crippen LogP contribution in [0.2, 0.25) is 5.02 Å². The average molecular weight is 354 g/mol. The molecule has 0 unspecified atom stereocenters. The van der Waals surface area contributed by atoms with Gasteiger partial charge >= 0.3 is 0 Å². The predicted octanol–water partition coefficient (Wildman–Crippen LogP) is 3.01. The molecule has 100 valence electrons. The normalized spacial score (nSPS) is 18.9. The van der Waals surface area contributed by atoms with E-state index in [1.165, 1.54) is 0 Å². The lowest BCUT2D eigenvalue weighted by Crippen LogP contribution is -2.45. The fraction of sp³-hybridized carbons (Fsp3) is 0.417. The van der Waals surface area contributed by atoms with Gasteiger partial charge in [0.25, 0.3) is 5.91 Å². The maximum Gasteiger partial charge on any atom is 0.253 e. The molecule has 0 spiro atoms. The highest BCUT2D eigenvalue weighted by Crippen LogP contribution is 2.21. The zero-order valence-electron chi connectivity index (χ0n) is 9.71. The van der Waals surface area contributed by atoms with E-state index in [-0.39, 0.29) is 24.4 Å². The molecule has 6 heteroatoms. The van der Waals surface area contributed by atoms with Gasteiger partial charge in [0.2, 0.25) is 0 Å². The van der Waals surface area contributed by atoms with Crippen molar-refractivity contribution in [2.24, 2.45) is 0 Å². The molecule has 18 heavy (non-hydrogen) atoms. The molecule has 1 aromatic rings. The Hall–Kier alpha value is -0.290. The van der Waals surface area contributed by atoms with Gasteiger partial charge in [0.1, 0.15) is 0 Å². The van der Waals surface area contributed by atoms with Crippen LogP contribution in [0.5, 0.6) is 0 Å². The van der Waals surface area contributed by atoms with Crippen LogP contribution >= 0.6 is 39.9 Å². The molecule has 1 heterocycles. The summed E-state index contributed by atoms with van der Waals surface area (Å²) in [5.74, 6) is -0.101. The quantitative estimate of drug-likeness (QED) is 0.858. The minimum absolute atomic E-state index is 0. The van der Waals surface area contributed by atoms with Gasteiger partial charge in [0.15, 0.2) is 0 Å². The Kier molecular flexibility index (Phi) is 6.43. The van der Waals surface area contributed by atoms with E-state index >= 15 is 0 Å². The summed E-state index contributed by atoms with van der Waals surface area (Å²) in [4.78, 5) is 12.0. The summed E-state index contributed by atoms with van der Waals surface area (Å²) in [6, 6.07) is 5.49. The third-order valence-electron chi connectivity index (χ3n) is 2.81. The lowest BCUT2D eigenvalue weighted by Gasteiger charge is -2.24. The van der Waals surface area contributed by atoms with Crippen molar-refractivity contribution in [3.63, 3.8) is 0 Å². The fourth-order valence-corrected chi connectivity index (χ4v) is 2.67. The van der Waals surface area contributed by atoms with Crippen LogP contribution < -0.4 is 10.6 Å². The summed E-state index contributed by atoms with van der Waals surface area (Å²) in [6.45, 7) is 1.87. The van der Waals surface area contributed by atoms with Gasteiger partial charge < -0.3 is 10.6 Å². The molecular weight excluding hydrogens is 339 g/mol. The molecule has 1 fully saturated rings. The Morgan fingerprint density at radius 1 is 1.50 bits per heavy atom. The van der Waals surface area contributed by atoms with Crippen molar-refractivity contribution in [1.82, 2.24) is 10.6 Å². The summed E-state index contributed by atoms with van der Waals surface area (Å²) in [6.07, 6.45) is 2.12. The minimum atomic E-state index is -0.101. The Balaban J connectivity index is 0.00000162. The van der Waals surface area contributed by atoms with Gasteiger partial charge in [-0.25, -0.2) is 0 Å². The van der Waals surface area contributed by atoms with Crippen LogP contribution in [-0.4, -0.2) is 25.0 Å². The number of piperidine rings is 1. The molecule has 1 saturated heterocycles. The van der Waals surface area contributed by atoms with E-state index in [4.69, 9.17) is 11.6 Å². The van der Waals surface area contributed by atoms with Crippen LogP contribution in [0.3, 0.4) is 0 Å². The smallest absolute Gasteiger partial charge is 0.253 e. The SMILES string of the molecule is Cl.O=C(N[C@H]1CCCNC1)c1ccc(Br)cc1Cl. The second-order valence-corrected chi connectivity index (χ2v) is 5.46. The van der Waals surface area contributed by atoms with E-state index in [1.807, 2.05) is 6.07 Å². The van der Waals surface area contributed by atoms with Crippen molar-refractivity contribution in [2.75, 3.05) is 13.1 Å². The first-order chi connectivity index (χ1) is 8.16. The van der Waals surface area contributed by atoms with Crippen LogP contribution in [0.1, 0.15) is 23.2 Å². The maximum absolute atomic E-state index is 12.0. The average Bonchev–Trinajstić information content (AvgIpc) is 2.30. The summed E-state index contributed by atoms with van der Waals surface area (Å²) in [7, 11) is 0. The topological polar surface area (TPSA) is 41.1 Å². The van der Waals surface area contributed by atoms with Gasteiger partial charge in [-0.2, -0.15) is 0 Å². The van der Waals surface area contributed by atoms with Gasteiger partial charge in [0.05, 0.1) is 10.6 Å². The number of hydrogen-bond acceptors (Lipinski definition) is 2. The third-order valence-corrected chi connectivity index (χ3v) is 3.61. The Labute approximate surface area is 126 Å². The molecular formula is C12H15BrCl2N2O. The lowest BCUT2D eigenvalue weighted by atomic mass is 10.1. The van der Waals surface area contributed by atoms with Crippen LogP contribution in [0.25, 0.3) is 0 Å². The minimum Gasteiger partial charge on any atom is -0.348 e. The Morgan fingerprint density at radius 2 is 2.28 bits per heavy atom. The molecule has 1 aliphatic rings. The molecule has 0 aromatic heterocycles.